The summed E-state index contributed by atoms with van der Waals surface area (Å²) in [5, 5.41) is -0.410. The van der Waals surface area contributed by atoms with E-state index in [1.165, 1.54) is 6.92 Å². The highest BCUT2D eigenvalue weighted by atomic mass is 79.9. The maximum Gasteiger partial charge on any atom is 0.303 e. The van der Waals surface area contributed by atoms with Crippen molar-refractivity contribution in [3.8, 4) is 0 Å². The molecule has 0 amide bonds. The number of esters is 1. The minimum Gasteiger partial charge on any atom is -0.457 e. The van der Waals surface area contributed by atoms with Crippen LogP contribution in [-0.2, 0) is 37.0 Å². The van der Waals surface area contributed by atoms with Gasteiger partial charge in [-0.15, -0.1) is 0 Å². The summed E-state index contributed by atoms with van der Waals surface area (Å²) in [4.78, 5) is 11.8. The zero-order valence-electron chi connectivity index (χ0n) is 16.0. The van der Waals surface area contributed by atoms with Crippen LogP contribution in [0.5, 0.6) is 0 Å². The fourth-order valence-corrected chi connectivity index (χ4v) is 4.02. The van der Waals surface area contributed by atoms with E-state index in [1.807, 2.05) is 67.6 Å². The second-order valence-corrected chi connectivity index (χ2v) is 7.69. The standard InChI is InChI=1S/C22H25BrO5/c1-15-19(25-13-17-9-5-3-6-10-17)20(28-16(2)24)21(22(23)27-15)26-14-18-11-7-4-8-12-18/h3-12,15,19-22H,13-14H2,1-2H3/t15-,19+,20+,21-,22+/m0/s1. The molecule has 0 spiro atoms. The molecule has 1 fully saturated rings. The van der Waals surface area contributed by atoms with Crippen molar-refractivity contribution in [2.45, 2.75) is 56.5 Å². The van der Waals surface area contributed by atoms with Crippen LogP contribution in [0.3, 0.4) is 0 Å². The Morgan fingerprint density at radius 2 is 1.39 bits per heavy atom. The van der Waals surface area contributed by atoms with Crippen LogP contribution in [0, 0.1) is 0 Å². The molecular weight excluding hydrogens is 424 g/mol. The monoisotopic (exact) mass is 448 g/mol. The molecule has 0 unspecified atom stereocenters. The summed E-state index contributed by atoms with van der Waals surface area (Å²) in [5.41, 5.74) is 2.07. The van der Waals surface area contributed by atoms with Gasteiger partial charge in [0.1, 0.15) is 17.2 Å². The number of benzene rings is 2. The Kier molecular flexibility index (Phi) is 7.62. The number of rotatable bonds is 7. The molecule has 0 N–H and O–H groups in total. The van der Waals surface area contributed by atoms with Crippen molar-refractivity contribution in [3.63, 3.8) is 0 Å². The summed E-state index contributed by atoms with van der Waals surface area (Å²) in [6.45, 7) is 4.09. The van der Waals surface area contributed by atoms with Gasteiger partial charge in [0.2, 0.25) is 0 Å². The zero-order valence-corrected chi connectivity index (χ0v) is 17.6. The molecular formula is C22H25BrO5. The van der Waals surface area contributed by atoms with Gasteiger partial charge in [-0.25, -0.2) is 0 Å². The van der Waals surface area contributed by atoms with Crippen molar-refractivity contribution >= 4 is 21.9 Å². The molecule has 2 aromatic rings. The zero-order chi connectivity index (χ0) is 19.9. The molecule has 5 nitrogen and oxygen atoms in total. The third-order valence-electron chi connectivity index (χ3n) is 4.59. The molecule has 28 heavy (non-hydrogen) atoms. The van der Waals surface area contributed by atoms with Gasteiger partial charge in [-0.2, -0.15) is 0 Å². The summed E-state index contributed by atoms with van der Waals surface area (Å²) in [6, 6.07) is 19.7. The average Bonchev–Trinajstić information content (AvgIpc) is 2.68. The molecule has 0 saturated carbocycles. The third kappa shape index (κ3) is 5.64. The molecule has 5 atom stereocenters. The van der Waals surface area contributed by atoms with Crippen LogP contribution < -0.4 is 0 Å². The van der Waals surface area contributed by atoms with Crippen LogP contribution in [0.25, 0.3) is 0 Å². The highest BCUT2D eigenvalue weighted by Crippen LogP contribution is 2.32. The van der Waals surface area contributed by atoms with Gasteiger partial charge >= 0.3 is 5.97 Å². The largest absolute Gasteiger partial charge is 0.457 e. The molecule has 0 aromatic heterocycles. The second kappa shape index (κ2) is 10.2. The van der Waals surface area contributed by atoms with E-state index in [1.54, 1.807) is 0 Å². The molecule has 1 aliphatic rings. The first-order valence-electron chi connectivity index (χ1n) is 9.32. The van der Waals surface area contributed by atoms with E-state index in [0.29, 0.717) is 13.2 Å². The number of alkyl halides is 1. The van der Waals surface area contributed by atoms with Gasteiger partial charge in [0.05, 0.1) is 19.3 Å². The molecule has 3 rings (SSSR count). The van der Waals surface area contributed by atoms with Crippen molar-refractivity contribution in [1.82, 2.24) is 0 Å². The lowest BCUT2D eigenvalue weighted by atomic mass is 10.00. The molecule has 1 saturated heterocycles. The van der Waals surface area contributed by atoms with E-state index in [9.17, 15) is 4.79 Å². The second-order valence-electron chi connectivity index (χ2n) is 6.79. The molecule has 1 heterocycles. The first-order valence-corrected chi connectivity index (χ1v) is 10.2. The lowest BCUT2D eigenvalue weighted by molar-refractivity contribution is -0.235. The fraction of sp³-hybridized carbons (Fsp3) is 0.409. The van der Waals surface area contributed by atoms with E-state index in [0.717, 1.165) is 11.1 Å². The Morgan fingerprint density at radius 3 is 1.89 bits per heavy atom. The minimum absolute atomic E-state index is 0.269. The van der Waals surface area contributed by atoms with Crippen LogP contribution in [0.4, 0.5) is 0 Å². The average molecular weight is 449 g/mol. The summed E-state index contributed by atoms with van der Waals surface area (Å²) in [6.07, 6.45) is -1.80. The maximum absolute atomic E-state index is 11.8. The van der Waals surface area contributed by atoms with Gasteiger partial charge in [-0.3, -0.25) is 4.79 Å². The third-order valence-corrected chi connectivity index (χ3v) is 5.32. The Balaban J connectivity index is 1.73. The normalized spacial score (nSPS) is 27.3. The Morgan fingerprint density at radius 1 is 0.893 bits per heavy atom. The molecule has 6 heteroatoms. The number of halogens is 1. The molecule has 0 bridgehead atoms. The highest BCUT2D eigenvalue weighted by Gasteiger charge is 2.47. The van der Waals surface area contributed by atoms with Gasteiger partial charge in [0, 0.05) is 6.92 Å². The predicted octanol–water partition coefficient (Wildman–Crippen LogP) is 4.23. The molecule has 150 valence electrons. The van der Waals surface area contributed by atoms with Crippen LogP contribution >= 0.6 is 15.9 Å². The first kappa shape index (κ1) is 21.0. The van der Waals surface area contributed by atoms with E-state index < -0.39 is 23.3 Å². The summed E-state index contributed by atoms with van der Waals surface area (Å²) in [7, 11) is 0. The number of carbonyl (C=O) groups excluding carboxylic acids is 1. The van der Waals surface area contributed by atoms with Crippen molar-refractivity contribution in [2.75, 3.05) is 0 Å². The first-order chi connectivity index (χ1) is 13.5. The van der Waals surface area contributed by atoms with Gasteiger partial charge < -0.3 is 18.9 Å². The summed E-state index contributed by atoms with van der Waals surface area (Å²) >= 11 is 3.53. The Bertz CT molecular complexity index is 684. The van der Waals surface area contributed by atoms with Gasteiger partial charge in [0.25, 0.3) is 0 Å². The van der Waals surface area contributed by atoms with Crippen LogP contribution in [0.2, 0.25) is 0 Å². The van der Waals surface area contributed by atoms with E-state index in [4.69, 9.17) is 18.9 Å². The fourth-order valence-electron chi connectivity index (χ4n) is 3.22. The lowest BCUT2D eigenvalue weighted by Gasteiger charge is -2.43. The smallest absolute Gasteiger partial charge is 0.303 e. The van der Waals surface area contributed by atoms with Gasteiger partial charge in [-0.05, 0) is 18.1 Å². The predicted molar refractivity (Wildman–Crippen MR) is 109 cm³/mol. The summed E-state index contributed by atoms with van der Waals surface area (Å²) < 4.78 is 23.8. The number of ether oxygens (including phenoxy) is 4. The SMILES string of the molecule is CC(=O)O[C@@H]1[C@H](OCc2ccccc2)[C@H](C)O[C@@H](Br)[C@H]1OCc1ccccc1. The van der Waals surface area contributed by atoms with Crippen molar-refractivity contribution in [2.24, 2.45) is 0 Å². The number of carbonyl (C=O) groups is 1. The number of hydrogen-bond donors (Lipinski definition) is 0. The quantitative estimate of drug-likeness (QED) is 0.468. The molecule has 0 radical (unpaired) electrons. The topological polar surface area (TPSA) is 54.0 Å². The highest BCUT2D eigenvalue weighted by molar-refractivity contribution is 9.09. The van der Waals surface area contributed by atoms with Crippen LogP contribution in [-0.4, -0.2) is 35.4 Å². The lowest BCUT2D eigenvalue weighted by Crippen LogP contribution is -2.58. The maximum atomic E-state index is 11.8. The van der Waals surface area contributed by atoms with Crippen molar-refractivity contribution in [1.29, 1.82) is 0 Å². The molecule has 2 aromatic carbocycles. The number of hydrogen-bond acceptors (Lipinski definition) is 5. The Hall–Kier alpha value is -1.73. The minimum atomic E-state index is -0.585. The van der Waals surface area contributed by atoms with Crippen LogP contribution in [0.15, 0.2) is 60.7 Å². The van der Waals surface area contributed by atoms with Crippen molar-refractivity contribution < 1.29 is 23.7 Å². The summed E-state index contributed by atoms with van der Waals surface area (Å²) in [5.74, 6) is -0.375. The van der Waals surface area contributed by atoms with E-state index in [-0.39, 0.29) is 12.1 Å². The van der Waals surface area contributed by atoms with E-state index in [2.05, 4.69) is 15.9 Å². The van der Waals surface area contributed by atoms with E-state index >= 15 is 0 Å². The molecule has 1 aliphatic heterocycles. The van der Waals surface area contributed by atoms with Gasteiger partial charge in [0.15, 0.2) is 6.10 Å². The molecule has 0 aliphatic carbocycles. The Labute approximate surface area is 174 Å². The van der Waals surface area contributed by atoms with Crippen molar-refractivity contribution in [3.05, 3.63) is 71.8 Å². The van der Waals surface area contributed by atoms with Gasteiger partial charge in [-0.1, -0.05) is 76.6 Å². The van der Waals surface area contributed by atoms with Crippen LogP contribution in [0.1, 0.15) is 25.0 Å².